The lowest BCUT2D eigenvalue weighted by molar-refractivity contribution is -0.140. The second-order valence-corrected chi connectivity index (χ2v) is 5.04. The average Bonchev–Trinajstić information content (AvgIpc) is 2.42. The van der Waals surface area contributed by atoms with E-state index >= 15 is 0 Å². The quantitative estimate of drug-likeness (QED) is 0.802. The van der Waals surface area contributed by atoms with Crippen LogP contribution in [-0.2, 0) is 4.79 Å². The van der Waals surface area contributed by atoms with Crippen LogP contribution >= 0.6 is 0 Å². The molecule has 6 nitrogen and oxygen atoms in total. The van der Waals surface area contributed by atoms with Crippen LogP contribution in [0.1, 0.15) is 36.0 Å². The number of nitrogens with one attached hydrogen (secondary N) is 1. The van der Waals surface area contributed by atoms with Gasteiger partial charge in [-0.3, -0.25) is 4.79 Å². The summed E-state index contributed by atoms with van der Waals surface area (Å²) in [5.74, 6) is -2.00. The summed E-state index contributed by atoms with van der Waals surface area (Å²) in [6.45, 7) is 0. The molecule has 0 aromatic carbocycles. The number of carboxylic acids is 1. The van der Waals surface area contributed by atoms with Crippen molar-refractivity contribution in [2.75, 3.05) is 0 Å². The fraction of sp³-hybridized carbons (Fsp3) is 0.500. The number of alkyl halides is 2. The Labute approximate surface area is 125 Å². The number of hydrogen-bond acceptors (Lipinski definition) is 4. The summed E-state index contributed by atoms with van der Waals surface area (Å²) >= 11 is 0. The molecule has 1 aromatic rings. The van der Waals surface area contributed by atoms with Gasteiger partial charge in [-0.05, 0) is 25.3 Å². The smallest absolute Gasteiger partial charge is 0.326 e. The number of hydrogen-bond donors (Lipinski definition) is 2. The molecule has 2 N–H and O–H groups in total. The summed E-state index contributed by atoms with van der Waals surface area (Å²) in [7, 11) is 0. The van der Waals surface area contributed by atoms with Gasteiger partial charge >= 0.3 is 5.97 Å². The van der Waals surface area contributed by atoms with Crippen LogP contribution in [-0.4, -0.2) is 40.5 Å². The highest BCUT2D eigenvalue weighted by Crippen LogP contribution is 2.24. The molecular formula is C14H16F2N2O4. The van der Waals surface area contributed by atoms with Gasteiger partial charge in [-0.25, -0.2) is 18.6 Å². The van der Waals surface area contributed by atoms with Gasteiger partial charge in [0, 0.05) is 24.2 Å². The highest BCUT2D eigenvalue weighted by molar-refractivity contribution is 5.96. The lowest BCUT2D eigenvalue weighted by atomic mass is 9.96. The first-order valence-electron chi connectivity index (χ1n) is 6.90. The molecule has 8 heteroatoms. The number of amides is 1. The van der Waals surface area contributed by atoms with Gasteiger partial charge in [-0.1, -0.05) is 0 Å². The average molecular weight is 314 g/mol. The molecule has 1 atom stereocenters. The summed E-state index contributed by atoms with van der Waals surface area (Å²) in [4.78, 5) is 26.8. The third-order valence-electron chi connectivity index (χ3n) is 3.35. The van der Waals surface area contributed by atoms with Crippen molar-refractivity contribution in [1.82, 2.24) is 10.3 Å². The number of rotatable bonds is 7. The zero-order chi connectivity index (χ0) is 16.1. The number of carboxylic acid groups (broad SMARTS) is 1. The van der Waals surface area contributed by atoms with Crippen LogP contribution in [0, 0.1) is 0 Å². The van der Waals surface area contributed by atoms with Gasteiger partial charge in [0.1, 0.15) is 12.1 Å². The minimum atomic E-state index is -2.82. The van der Waals surface area contributed by atoms with Crippen LogP contribution in [0.25, 0.3) is 0 Å². The Bertz CT molecular complexity index is 549. The molecule has 1 aliphatic carbocycles. The monoisotopic (exact) mass is 314 g/mol. The van der Waals surface area contributed by atoms with E-state index in [-0.39, 0.29) is 17.5 Å². The van der Waals surface area contributed by atoms with Crippen LogP contribution in [0.2, 0.25) is 0 Å². The SMILES string of the molecule is O=C(NC(CC(F)F)C(=O)O)c1ccnc(OC2CCC2)c1. The normalized spacial score (nSPS) is 16.0. The van der Waals surface area contributed by atoms with Gasteiger partial charge in [0.05, 0.1) is 0 Å². The Balaban J connectivity index is 2.01. The third kappa shape index (κ3) is 4.37. The summed E-state index contributed by atoms with van der Waals surface area (Å²) in [5.41, 5.74) is 0.116. The van der Waals surface area contributed by atoms with E-state index in [2.05, 4.69) is 10.3 Å². The topological polar surface area (TPSA) is 88.5 Å². The molecule has 1 unspecified atom stereocenters. The first-order chi connectivity index (χ1) is 10.5. The summed E-state index contributed by atoms with van der Waals surface area (Å²) in [5, 5.41) is 10.9. The molecule has 1 saturated carbocycles. The number of ether oxygens (including phenoxy) is 1. The largest absolute Gasteiger partial charge is 0.480 e. The lowest BCUT2D eigenvalue weighted by Crippen LogP contribution is -2.42. The molecule has 2 rings (SSSR count). The van der Waals surface area contributed by atoms with Crippen molar-refractivity contribution in [1.29, 1.82) is 0 Å². The highest BCUT2D eigenvalue weighted by atomic mass is 19.3. The Morgan fingerprint density at radius 2 is 2.18 bits per heavy atom. The number of pyridine rings is 1. The molecule has 0 radical (unpaired) electrons. The molecule has 120 valence electrons. The van der Waals surface area contributed by atoms with Crippen LogP contribution in [0.15, 0.2) is 18.3 Å². The number of carbonyl (C=O) groups is 2. The van der Waals surface area contributed by atoms with E-state index in [0.717, 1.165) is 19.3 Å². The molecule has 0 saturated heterocycles. The molecule has 0 spiro atoms. The molecule has 1 aromatic heterocycles. The molecule has 0 bridgehead atoms. The molecular weight excluding hydrogens is 298 g/mol. The van der Waals surface area contributed by atoms with Gasteiger partial charge in [0.15, 0.2) is 0 Å². The number of nitrogens with zero attached hydrogens (tertiary/aromatic N) is 1. The van der Waals surface area contributed by atoms with E-state index in [9.17, 15) is 18.4 Å². The van der Waals surface area contributed by atoms with E-state index in [0.29, 0.717) is 0 Å². The first kappa shape index (κ1) is 16.1. The fourth-order valence-corrected chi connectivity index (χ4v) is 1.92. The molecule has 1 amide bonds. The summed E-state index contributed by atoms with van der Waals surface area (Å²) < 4.78 is 30.1. The Morgan fingerprint density at radius 3 is 2.73 bits per heavy atom. The predicted molar refractivity (Wildman–Crippen MR) is 72.0 cm³/mol. The van der Waals surface area contributed by atoms with Crippen LogP contribution in [0.4, 0.5) is 8.78 Å². The van der Waals surface area contributed by atoms with Crippen molar-refractivity contribution in [3.63, 3.8) is 0 Å². The van der Waals surface area contributed by atoms with E-state index in [1.54, 1.807) is 0 Å². The van der Waals surface area contributed by atoms with Gasteiger partial charge in [0.2, 0.25) is 12.3 Å². The maximum absolute atomic E-state index is 12.3. The minimum absolute atomic E-state index is 0.0800. The maximum Gasteiger partial charge on any atom is 0.326 e. The first-order valence-corrected chi connectivity index (χ1v) is 6.90. The van der Waals surface area contributed by atoms with Crippen molar-refractivity contribution < 1.29 is 28.2 Å². The van der Waals surface area contributed by atoms with Crippen molar-refractivity contribution in [3.05, 3.63) is 23.9 Å². The van der Waals surface area contributed by atoms with E-state index < -0.39 is 30.8 Å². The van der Waals surface area contributed by atoms with E-state index in [1.165, 1.54) is 18.3 Å². The van der Waals surface area contributed by atoms with Crippen molar-refractivity contribution in [2.24, 2.45) is 0 Å². The summed E-state index contributed by atoms with van der Waals surface area (Å²) in [6, 6.07) is 1.09. The number of carbonyl (C=O) groups excluding carboxylic acids is 1. The zero-order valence-corrected chi connectivity index (χ0v) is 11.7. The minimum Gasteiger partial charge on any atom is -0.480 e. The Kier molecular flexibility index (Phi) is 5.24. The second kappa shape index (κ2) is 7.15. The Hall–Kier alpha value is -2.25. The van der Waals surface area contributed by atoms with Crippen LogP contribution < -0.4 is 10.1 Å². The van der Waals surface area contributed by atoms with Crippen LogP contribution in [0.5, 0.6) is 5.88 Å². The lowest BCUT2D eigenvalue weighted by Gasteiger charge is -2.25. The Morgan fingerprint density at radius 1 is 1.45 bits per heavy atom. The van der Waals surface area contributed by atoms with Crippen molar-refractivity contribution >= 4 is 11.9 Å². The van der Waals surface area contributed by atoms with Crippen LogP contribution in [0.3, 0.4) is 0 Å². The van der Waals surface area contributed by atoms with E-state index in [1.807, 2.05) is 0 Å². The van der Waals surface area contributed by atoms with Gasteiger partial charge in [0.25, 0.3) is 5.91 Å². The second-order valence-electron chi connectivity index (χ2n) is 5.04. The summed E-state index contributed by atoms with van der Waals surface area (Å²) in [6.07, 6.45) is 0.594. The molecule has 0 aliphatic heterocycles. The van der Waals surface area contributed by atoms with Gasteiger partial charge in [-0.15, -0.1) is 0 Å². The van der Waals surface area contributed by atoms with Gasteiger partial charge < -0.3 is 15.2 Å². The highest BCUT2D eigenvalue weighted by Gasteiger charge is 2.25. The van der Waals surface area contributed by atoms with Crippen molar-refractivity contribution in [2.45, 2.75) is 44.3 Å². The number of halogens is 2. The van der Waals surface area contributed by atoms with E-state index in [4.69, 9.17) is 9.84 Å². The number of aromatic nitrogens is 1. The maximum atomic E-state index is 12.3. The molecule has 22 heavy (non-hydrogen) atoms. The predicted octanol–water partition coefficient (Wildman–Crippen LogP) is 1.85. The fourth-order valence-electron chi connectivity index (χ4n) is 1.92. The zero-order valence-electron chi connectivity index (χ0n) is 11.7. The van der Waals surface area contributed by atoms with Gasteiger partial charge in [-0.2, -0.15) is 0 Å². The molecule has 1 fully saturated rings. The third-order valence-corrected chi connectivity index (χ3v) is 3.35. The standard InChI is InChI=1S/C14H16F2N2O4/c15-11(16)7-10(14(20)21)18-13(19)8-4-5-17-12(6-8)22-9-2-1-3-9/h4-6,9-11H,1-3,7H2,(H,18,19)(H,20,21). The van der Waals surface area contributed by atoms with Crippen molar-refractivity contribution in [3.8, 4) is 5.88 Å². The molecule has 1 heterocycles. The number of aliphatic carboxylic acids is 1. The molecule has 1 aliphatic rings.